The van der Waals surface area contributed by atoms with E-state index >= 15 is 0 Å². The number of rotatable bonds is 3. The molecular weight excluding hydrogens is 336 g/mol. The first-order chi connectivity index (χ1) is 12.0. The van der Waals surface area contributed by atoms with Gasteiger partial charge < -0.3 is 19.7 Å². The van der Waals surface area contributed by atoms with Crippen LogP contribution in [0.2, 0.25) is 0 Å². The van der Waals surface area contributed by atoms with Gasteiger partial charge in [0.2, 0.25) is 0 Å². The molecular formula is C20H28O6. The fourth-order valence-corrected chi connectivity index (χ4v) is 3.16. The molecule has 1 saturated heterocycles. The van der Waals surface area contributed by atoms with Crippen LogP contribution in [0.4, 0.5) is 0 Å². The molecule has 0 aromatic heterocycles. The lowest BCUT2D eigenvalue weighted by atomic mass is 9.85. The largest absolute Gasteiger partial charge is 0.459 e. The number of allylic oxidation sites excluding steroid dienone is 2. The van der Waals surface area contributed by atoms with Gasteiger partial charge in [-0.2, -0.15) is 0 Å². The summed E-state index contributed by atoms with van der Waals surface area (Å²) >= 11 is 0. The number of hydrogen-bond donors (Lipinski definition) is 2. The van der Waals surface area contributed by atoms with E-state index in [1.54, 1.807) is 0 Å². The van der Waals surface area contributed by atoms with E-state index in [1.807, 2.05) is 19.9 Å². The van der Waals surface area contributed by atoms with Gasteiger partial charge in [-0.1, -0.05) is 23.8 Å². The van der Waals surface area contributed by atoms with Crippen LogP contribution >= 0.6 is 0 Å². The Kier molecular flexibility index (Phi) is 6.09. The number of ether oxygens (including phenoxy) is 2. The topological polar surface area (TPSA) is 93.1 Å². The molecule has 0 aromatic carbocycles. The Morgan fingerprint density at radius 1 is 1.42 bits per heavy atom. The smallest absolute Gasteiger partial charge is 0.340 e. The number of aliphatic hydroxyl groups is 2. The van der Waals surface area contributed by atoms with E-state index in [1.165, 1.54) is 13.8 Å². The summed E-state index contributed by atoms with van der Waals surface area (Å²) in [6, 6.07) is 0. The van der Waals surface area contributed by atoms with Crippen molar-refractivity contribution < 1.29 is 29.3 Å². The predicted octanol–water partition coefficient (Wildman–Crippen LogP) is 2.20. The molecule has 0 amide bonds. The van der Waals surface area contributed by atoms with Crippen molar-refractivity contribution in [3.63, 3.8) is 0 Å². The molecule has 0 radical (unpaired) electrons. The molecule has 6 nitrogen and oxygen atoms in total. The quantitative estimate of drug-likeness (QED) is 0.453. The molecule has 0 bridgehead atoms. The molecule has 2 aliphatic rings. The standard InChI is InChI=1S/C20H28O6/c1-11-7-6-8-12(2)10-16(26-19(23)20(5,24)14(4)21)17-13(3)18(22)25-15(17)9-11/h8-9,14-17,21,24H,3,6-7,10H2,1-2,4-5H3/b11-9+,12-8-/t14-,15-,16+,17-,20-/m0/s1. The second-order valence-corrected chi connectivity index (χ2v) is 7.49. The van der Waals surface area contributed by atoms with Crippen LogP contribution in [0.5, 0.6) is 0 Å². The number of hydrogen-bond acceptors (Lipinski definition) is 6. The van der Waals surface area contributed by atoms with E-state index in [-0.39, 0.29) is 5.57 Å². The molecule has 6 heteroatoms. The van der Waals surface area contributed by atoms with Crippen LogP contribution in [0, 0.1) is 5.92 Å². The number of esters is 2. The molecule has 2 rings (SSSR count). The molecule has 1 fully saturated rings. The number of carbonyl (C=O) groups is 2. The lowest BCUT2D eigenvalue weighted by molar-refractivity contribution is -0.182. The van der Waals surface area contributed by atoms with Crippen molar-refractivity contribution in [1.29, 1.82) is 0 Å². The van der Waals surface area contributed by atoms with Crippen molar-refractivity contribution in [2.24, 2.45) is 5.92 Å². The second-order valence-electron chi connectivity index (χ2n) is 7.49. The van der Waals surface area contributed by atoms with Crippen molar-refractivity contribution >= 4 is 11.9 Å². The predicted molar refractivity (Wildman–Crippen MR) is 96.1 cm³/mol. The van der Waals surface area contributed by atoms with Crippen LogP contribution in [0.1, 0.15) is 47.0 Å². The number of aliphatic hydroxyl groups excluding tert-OH is 1. The van der Waals surface area contributed by atoms with Gasteiger partial charge in [0.05, 0.1) is 12.0 Å². The molecule has 0 saturated carbocycles. The summed E-state index contributed by atoms with van der Waals surface area (Å²) in [5.41, 5.74) is 0.301. The molecule has 144 valence electrons. The molecule has 0 aromatic rings. The Labute approximate surface area is 154 Å². The Morgan fingerprint density at radius 3 is 2.69 bits per heavy atom. The van der Waals surface area contributed by atoms with E-state index in [0.29, 0.717) is 6.42 Å². The highest BCUT2D eigenvalue weighted by Crippen LogP contribution is 2.36. The third kappa shape index (κ3) is 4.24. The summed E-state index contributed by atoms with van der Waals surface area (Å²) in [5.74, 6) is -1.98. The van der Waals surface area contributed by atoms with Crippen LogP contribution in [0.3, 0.4) is 0 Å². The van der Waals surface area contributed by atoms with Crippen LogP contribution in [0.15, 0.2) is 35.5 Å². The maximum atomic E-state index is 12.5. The minimum atomic E-state index is -2.04. The maximum Gasteiger partial charge on any atom is 0.340 e. The first-order valence-electron chi connectivity index (χ1n) is 8.88. The van der Waals surface area contributed by atoms with Gasteiger partial charge in [0.15, 0.2) is 5.60 Å². The lowest BCUT2D eigenvalue weighted by Gasteiger charge is -2.31. The SMILES string of the molecule is C=C1C(=O)O[C@H]2/C=C(\C)CC/C=C(/C)C[C@@H](OC(=O)[C@@](C)(O)[C@H](C)O)[C@@H]12. The Hall–Kier alpha value is -1.92. The van der Waals surface area contributed by atoms with E-state index in [9.17, 15) is 19.8 Å². The van der Waals surface area contributed by atoms with Crippen LogP contribution in [-0.2, 0) is 19.1 Å². The van der Waals surface area contributed by atoms with Crippen LogP contribution in [0.25, 0.3) is 0 Å². The van der Waals surface area contributed by atoms with Gasteiger partial charge in [-0.05, 0) is 46.6 Å². The first-order valence-corrected chi connectivity index (χ1v) is 8.88. The normalized spacial score (nSPS) is 34.3. The zero-order valence-electron chi connectivity index (χ0n) is 15.8. The zero-order chi connectivity index (χ0) is 19.6. The van der Waals surface area contributed by atoms with Gasteiger partial charge in [0.1, 0.15) is 12.2 Å². The molecule has 1 heterocycles. The monoisotopic (exact) mass is 364 g/mol. The molecule has 2 N–H and O–H groups in total. The number of carbonyl (C=O) groups excluding carboxylic acids is 2. The van der Waals surface area contributed by atoms with Crippen molar-refractivity contribution in [3.05, 3.63) is 35.5 Å². The summed E-state index contributed by atoms with van der Waals surface area (Å²) in [5, 5.41) is 19.9. The van der Waals surface area contributed by atoms with Gasteiger partial charge in [-0.3, -0.25) is 0 Å². The zero-order valence-corrected chi connectivity index (χ0v) is 15.8. The number of fused-ring (bicyclic) bond motifs is 1. The van der Waals surface area contributed by atoms with Gasteiger partial charge in [0.25, 0.3) is 0 Å². The van der Waals surface area contributed by atoms with E-state index in [0.717, 1.165) is 24.0 Å². The van der Waals surface area contributed by atoms with Crippen molar-refractivity contribution in [1.82, 2.24) is 0 Å². The highest BCUT2D eigenvalue weighted by molar-refractivity contribution is 5.91. The van der Waals surface area contributed by atoms with E-state index < -0.39 is 41.8 Å². The highest BCUT2D eigenvalue weighted by atomic mass is 16.6. The third-order valence-electron chi connectivity index (χ3n) is 5.15. The Balaban J connectivity index is 2.38. The van der Waals surface area contributed by atoms with E-state index in [2.05, 4.69) is 12.7 Å². The Morgan fingerprint density at radius 2 is 2.08 bits per heavy atom. The second kappa shape index (κ2) is 7.76. The average Bonchev–Trinajstić information content (AvgIpc) is 2.80. The summed E-state index contributed by atoms with van der Waals surface area (Å²) in [4.78, 5) is 24.5. The van der Waals surface area contributed by atoms with Gasteiger partial charge in [0, 0.05) is 12.0 Å². The van der Waals surface area contributed by atoms with Gasteiger partial charge in [-0.25, -0.2) is 9.59 Å². The van der Waals surface area contributed by atoms with Crippen LogP contribution < -0.4 is 0 Å². The van der Waals surface area contributed by atoms with Crippen molar-refractivity contribution in [3.8, 4) is 0 Å². The maximum absolute atomic E-state index is 12.5. The molecule has 26 heavy (non-hydrogen) atoms. The summed E-state index contributed by atoms with van der Waals surface area (Å²) in [7, 11) is 0. The molecule has 1 aliphatic heterocycles. The molecule has 0 unspecified atom stereocenters. The summed E-state index contributed by atoms with van der Waals surface area (Å²) in [6.45, 7) is 10.2. The average molecular weight is 364 g/mol. The van der Waals surface area contributed by atoms with Crippen molar-refractivity contribution in [2.75, 3.05) is 0 Å². The van der Waals surface area contributed by atoms with Crippen LogP contribution in [-0.4, -0.2) is 46.1 Å². The third-order valence-corrected chi connectivity index (χ3v) is 5.15. The lowest BCUT2D eigenvalue weighted by Crippen LogP contribution is -2.49. The fourth-order valence-electron chi connectivity index (χ4n) is 3.16. The summed E-state index contributed by atoms with van der Waals surface area (Å²) < 4.78 is 11.0. The highest BCUT2D eigenvalue weighted by Gasteiger charge is 2.46. The minimum Gasteiger partial charge on any atom is -0.459 e. The van der Waals surface area contributed by atoms with Gasteiger partial charge >= 0.3 is 11.9 Å². The molecule has 1 aliphatic carbocycles. The Bertz CT molecular complexity index is 655. The molecule has 5 atom stereocenters. The summed E-state index contributed by atoms with van der Waals surface area (Å²) in [6.07, 6.45) is 3.46. The van der Waals surface area contributed by atoms with Gasteiger partial charge in [-0.15, -0.1) is 0 Å². The molecule has 0 spiro atoms. The first kappa shape index (κ1) is 20.4. The van der Waals surface area contributed by atoms with Crippen molar-refractivity contribution in [2.45, 2.75) is 70.9 Å². The van der Waals surface area contributed by atoms with E-state index in [4.69, 9.17) is 9.47 Å². The minimum absolute atomic E-state index is 0.252. The fraction of sp³-hybridized carbons (Fsp3) is 0.600.